The van der Waals surface area contributed by atoms with Crippen LogP contribution in [-0.4, -0.2) is 17.1 Å². The average molecular weight is 422 g/mol. The molecule has 0 aliphatic carbocycles. The molecule has 3 rings (SSSR count). The number of nitrogens with zero attached hydrogens (tertiary/aromatic N) is 2. The lowest BCUT2D eigenvalue weighted by molar-refractivity contribution is 0.102. The summed E-state index contributed by atoms with van der Waals surface area (Å²) < 4.78 is 7.04. The van der Waals surface area contributed by atoms with E-state index in [2.05, 4.69) is 11.4 Å². The number of nitrogens with one attached hydrogen (secondary N) is 1. The number of aromatic nitrogens is 1. The van der Waals surface area contributed by atoms with Crippen molar-refractivity contribution in [2.75, 3.05) is 11.9 Å². The minimum atomic E-state index is -0.343. The highest BCUT2D eigenvalue weighted by molar-refractivity contribution is 6.31. The first-order valence-corrected chi connectivity index (χ1v) is 9.79. The van der Waals surface area contributed by atoms with Gasteiger partial charge in [-0.3, -0.25) is 9.59 Å². The van der Waals surface area contributed by atoms with Crippen molar-refractivity contribution in [1.82, 2.24) is 4.57 Å². The zero-order valence-electron chi connectivity index (χ0n) is 16.2. The van der Waals surface area contributed by atoms with E-state index in [9.17, 15) is 9.59 Å². The van der Waals surface area contributed by atoms with E-state index in [1.54, 1.807) is 30.3 Å². The molecule has 30 heavy (non-hydrogen) atoms. The smallest absolute Gasteiger partial charge is 0.257 e. The first-order chi connectivity index (χ1) is 14.6. The number of unbranched alkanes of at least 4 members (excludes halogenated alkanes) is 1. The number of amides is 1. The Morgan fingerprint density at radius 3 is 2.77 bits per heavy atom. The van der Waals surface area contributed by atoms with Crippen LogP contribution >= 0.6 is 11.6 Å². The number of hydrogen-bond acceptors (Lipinski definition) is 4. The number of benzene rings is 2. The van der Waals surface area contributed by atoms with Gasteiger partial charge in [-0.15, -0.1) is 0 Å². The van der Waals surface area contributed by atoms with Crippen LogP contribution in [0, 0.1) is 11.3 Å². The third-order valence-corrected chi connectivity index (χ3v) is 4.71. The van der Waals surface area contributed by atoms with Crippen molar-refractivity contribution >= 4 is 23.2 Å². The maximum atomic E-state index is 12.7. The molecule has 0 saturated carbocycles. The summed E-state index contributed by atoms with van der Waals surface area (Å²) in [6.45, 7) is 0.698. The van der Waals surface area contributed by atoms with Crippen LogP contribution in [-0.2, 0) is 6.54 Å². The average Bonchev–Trinajstić information content (AvgIpc) is 2.74. The number of hydrogen-bond donors (Lipinski definition) is 1. The first-order valence-electron chi connectivity index (χ1n) is 9.42. The first kappa shape index (κ1) is 21.2. The van der Waals surface area contributed by atoms with Gasteiger partial charge in [-0.05, 0) is 36.2 Å². The van der Waals surface area contributed by atoms with E-state index >= 15 is 0 Å². The van der Waals surface area contributed by atoms with Crippen molar-refractivity contribution in [1.29, 1.82) is 5.26 Å². The number of carbonyl (C=O) groups excluding carboxylic acids is 1. The topological polar surface area (TPSA) is 84.1 Å². The van der Waals surface area contributed by atoms with Crippen LogP contribution in [0.4, 0.5) is 5.69 Å². The second kappa shape index (κ2) is 10.3. The number of carbonyl (C=O) groups is 1. The van der Waals surface area contributed by atoms with Gasteiger partial charge in [0.15, 0.2) is 0 Å². The van der Waals surface area contributed by atoms with Crippen molar-refractivity contribution in [3.05, 3.63) is 93.4 Å². The van der Waals surface area contributed by atoms with E-state index in [-0.39, 0.29) is 18.0 Å². The number of ether oxygens (including phenoxy) is 1. The maximum absolute atomic E-state index is 12.7. The number of halogens is 1. The summed E-state index contributed by atoms with van der Waals surface area (Å²) in [4.78, 5) is 24.9. The molecular formula is C23H20ClN3O3. The van der Waals surface area contributed by atoms with Crippen LogP contribution in [0.5, 0.6) is 5.75 Å². The molecule has 3 aromatic rings. The fourth-order valence-corrected chi connectivity index (χ4v) is 3.00. The minimum absolute atomic E-state index is 0.223. The van der Waals surface area contributed by atoms with E-state index in [0.717, 1.165) is 5.56 Å². The summed E-state index contributed by atoms with van der Waals surface area (Å²) in [6, 6.07) is 19.2. The van der Waals surface area contributed by atoms with Gasteiger partial charge < -0.3 is 14.6 Å². The molecule has 0 saturated heterocycles. The quantitative estimate of drug-likeness (QED) is 0.543. The minimum Gasteiger partial charge on any atom is -0.493 e. The van der Waals surface area contributed by atoms with Gasteiger partial charge in [0, 0.05) is 35.5 Å². The van der Waals surface area contributed by atoms with E-state index in [0.29, 0.717) is 41.5 Å². The molecule has 0 aliphatic rings. The summed E-state index contributed by atoms with van der Waals surface area (Å²) in [5.74, 6) is 0.263. The molecule has 0 atom stereocenters. The molecule has 1 aromatic heterocycles. The summed E-state index contributed by atoms with van der Waals surface area (Å²) in [6.07, 6.45) is 2.59. The molecule has 0 aliphatic heterocycles. The van der Waals surface area contributed by atoms with Crippen molar-refractivity contribution in [3.8, 4) is 11.8 Å². The molecule has 1 heterocycles. The Bertz CT molecular complexity index is 1130. The van der Waals surface area contributed by atoms with Crippen molar-refractivity contribution in [2.45, 2.75) is 19.4 Å². The maximum Gasteiger partial charge on any atom is 0.257 e. The van der Waals surface area contributed by atoms with Crippen molar-refractivity contribution in [3.63, 3.8) is 0 Å². The third kappa shape index (κ3) is 5.72. The highest BCUT2D eigenvalue weighted by atomic mass is 35.5. The van der Waals surface area contributed by atoms with Crippen LogP contribution in [0.1, 0.15) is 28.8 Å². The van der Waals surface area contributed by atoms with E-state index in [1.807, 2.05) is 18.2 Å². The van der Waals surface area contributed by atoms with Gasteiger partial charge >= 0.3 is 0 Å². The Kier molecular flexibility index (Phi) is 7.25. The molecular weight excluding hydrogens is 402 g/mol. The fourth-order valence-electron chi connectivity index (χ4n) is 2.81. The van der Waals surface area contributed by atoms with Crippen LogP contribution in [0.25, 0.3) is 0 Å². The molecule has 0 unspecified atom stereocenters. The standard InChI is InChI=1S/C23H20ClN3O3/c24-21-9-2-1-6-17(21)15-27-16-18(10-11-22(27)28)23(29)26-19-7-5-8-20(14-19)30-13-4-3-12-25/h1-2,5-11,14,16H,3-4,13,15H2,(H,26,29). The van der Waals surface area contributed by atoms with Gasteiger partial charge in [0.1, 0.15) is 5.75 Å². The molecule has 6 nitrogen and oxygen atoms in total. The van der Waals surface area contributed by atoms with Gasteiger partial charge in [-0.2, -0.15) is 5.26 Å². The summed E-state index contributed by atoms with van der Waals surface area (Å²) >= 11 is 6.18. The van der Waals surface area contributed by atoms with Crippen LogP contribution in [0.15, 0.2) is 71.7 Å². The molecule has 2 aromatic carbocycles. The second-order valence-electron chi connectivity index (χ2n) is 6.57. The Labute approximate surface area is 179 Å². The lowest BCUT2D eigenvalue weighted by Gasteiger charge is -2.11. The zero-order valence-corrected chi connectivity index (χ0v) is 16.9. The van der Waals surface area contributed by atoms with Gasteiger partial charge in [0.05, 0.1) is 24.8 Å². The monoisotopic (exact) mass is 421 g/mol. The predicted molar refractivity (Wildman–Crippen MR) is 116 cm³/mol. The zero-order chi connectivity index (χ0) is 21.3. The molecule has 0 spiro atoms. The van der Waals surface area contributed by atoms with E-state index in [1.165, 1.54) is 22.9 Å². The van der Waals surface area contributed by atoms with Gasteiger partial charge in [-0.1, -0.05) is 35.9 Å². The third-order valence-electron chi connectivity index (χ3n) is 4.34. The Morgan fingerprint density at radius 1 is 1.13 bits per heavy atom. The number of nitriles is 1. The van der Waals surface area contributed by atoms with Gasteiger partial charge in [0.25, 0.3) is 11.5 Å². The lowest BCUT2D eigenvalue weighted by atomic mass is 10.2. The normalized spacial score (nSPS) is 10.3. The molecule has 0 radical (unpaired) electrons. The number of pyridine rings is 1. The van der Waals surface area contributed by atoms with Crippen LogP contribution in [0.2, 0.25) is 5.02 Å². The van der Waals surface area contributed by atoms with Gasteiger partial charge in [0.2, 0.25) is 0 Å². The molecule has 1 N–H and O–H groups in total. The number of anilines is 1. The van der Waals surface area contributed by atoms with Crippen molar-refractivity contribution in [2.24, 2.45) is 0 Å². The largest absolute Gasteiger partial charge is 0.493 e. The van der Waals surface area contributed by atoms with E-state index in [4.69, 9.17) is 21.6 Å². The molecule has 7 heteroatoms. The molecule has 1 amide bonds. The highest BCUT2D eigenvalue weighted by Crippen LogP contribution is 2.19. The molecule has 152 valence electrons. The Hall–Kier alpha value is -3.56. The van der Waals surface area contributed by atoms with Crippen LogP contribution in [0.3, 0.4) is 0 Å². The van der Waals surface area contributed by atoms with Crippen molar-refractivity contribution < 1.29 is 9.53 Å². The number of rotatable bonds is 8. The SMILES string of the molecule is N#CCCCOc1cccc(NC(=O)c2ccc(=O)n(Cc3ccccc3Cl)c2)c1. The molecule has 0 bridgehead atoms. The Morgan fingerprint density at radius 2 is 1.97 bits per heavy atom. The summed E-state index contributed by atoms with van der Waals surface area (Å²) in [5.41, 5.74) is 1.49. The summed E-state index contributed by atoms with van der Waals surface area (Å²) in [5, 5.41) is 11.9. The fraction of sp³-hybridized carbons (Fsp3) is 0.174. The van der Waals surface area contributed by atoms with E-state index < -0.39 is 0 Å². The lowest BCUT2D eigenvalue weighted by Crippen LogP contribution is -2.22. The van der Waals surface area contributed by atoms with Gasteiger partial charge in [-0.25, -0.2) is 0 Å². The van der Waals surface area contributed by atoms with Crippen LogP contribution < -0.4 is 15.6 Å². The summed E-state index contributed by atoms with van der Waals surface area (Å²) in [7, 11) is 0. The second-order valence-corrected chi connectivity index (χ2v) is 6.97. The molecule has 0 fully saturated rings. The highest BCUT2D eigenvalue weighted by Gasteiger charge is 2.10. The Balaban J connectivity index is 1.71. The predicted octanol–water partition coefficient (Wildman–Crippen LogP) is 4.48.